The van der Waals surface area contributed by atoms with Crippen LogP contribution in [0.4, 0.5) is 9.59 Å². The van der Waals surface area contributed by atoms with E-state index in [0.29, 0.717) is 11.3 Å². The van der Waals surface area contributed by atoms with E-state index in [4.69, 9.17) is 9.47 Å². The van der Waals surface area contributed by atoms with E-state index in [1.54, 1.807) is 28.5 Å². The molecule has 1 N–H and O–H groups in total. The minimum Gasteiger partial charge on any atom is -0.449 e. The minimum absolute atomic E-state index is 0.206. The third-order valence-electron chi connectivity index (χ3n) is 5.58. The maximum Gasteiger partial charge on any atom is 0.418 e. The molecule has 1 amide bonds. The van der Waals surface area contributed by atoms with Crippen molar-refractivity contribution in [3.05, 3.63) is 35.7 Å². The molecule has 2 aromatic rings. The highest BCUT2D eigenvalue weighted by molar-refractivity contribution is 5.98. The molecule has 3 heterocycles. The molecule has 7 nitrogen and oxygen atoms in total. The quantitative estimate of drug-likeness (QED) is 0.826. The van der Waals surface area contributed by atoms with Crippen LogP contribution in [0.2, 0.25) is 0 Å². The molecule has 0 radical (unpaired) electrons. The zero-order chi connectivity index (χ0) is 20.6. The fourth-order valence-electron chi connectivity index (χ4n) is 4.21. The Morgan fingerprint density at radius 2 is 1.93 bits per heavy atom. The number of likely N-dealkylation sites (tertiary alicyclic amines) is 1. The fourth-order valence-corrected chi connectivity index (χ4v) is 4.21. The van der Waals surface area contributed by atoms with Crippen LogP contribution in [0.1, 0.15) is 44.9 Å². The molecule has 0 aliphatic carbocycles. The maximum atomic E-state index is 12.8. The van der Waals surface area contributed by atoms with E-state index in [9.17, 15) is 9.59 Å². The van der Waals surface area contributed by atoms with Crippen molar-refractivity contribution in [3.63, 3.8) is 0 Å². The number of nitrogens with one attached hydrogen (secondary N) is 1. The van der Waals surface area contributed by atoms with Crippen LogP contribution in [0.25, 0.3) is 17.0 Å². The number of hydrogen-bond acceptors (Lipinski definition) is 5. The average Bonchev–Trinajstić information content (AvgIpc) is 3.28. The number of ether oxygens (including phenoxy) is 2. The lowest BCUT2D eigenvalue weighted by Crippen LogP contribution is -2.30. The highest BCUT2D eigenvalue weighted by atomic mass is 16.6. The summed E-state index contributed by atoms with van der Waals surface area (Å²) in [5.41, 5.74) is 2.33. The second-order valence-corrected chi connectivity index (χ2v) is 8.13. The summed E-state index contributed by atoms with van der Waals surface area (Å²) in [7, 11) is 0. The van der Waals surface area contributed by atoms with Crippen molar-refractivity contribution in [2.75, 3.05) is 26.2 Å². The number of benzene rings is 1. The van der Waals surface area contributed by atoms with E-state index in [2.05, 4.69) is 19.2 Å². The smallest absolute Gasteiger partial charge is 0.418 e. The molecule has 29 heavy (non-hydrogen) atoms. The Morgan fingerprint density at radius 3 is 2.66 bits per heavy atom. The van der Waals surface area contributed by atoms with Crippen LogP contribution in [0.15, 0.2) is 24.4 Å². The topological polar surface area (TPSA) is 72.8 Å². The van der Waals surface area contributed by atoms with Gasteiger partial charge in [-0.1, -0.05) is 13.8 Å². The monoisotopic (exact) mass is 397 g/mol. The van der Waals surface area contributed by atoms with Crippen LogP contribution in [0.5, 0.6) is 5.75 Å². The number of hydrogen-bond donors (Lipinski definition) is 1. The molecule has 154 valence electrons. The van der Waals surface area contributed by atoms with E-state index in [-0.39, 0.29) is 18.1 Å². The largest absolute Gasteiger partial charge is 0.449 e. The molecule has 0 spiro atoms. The standard InChI is InChI=1S/C22H27N3O4/c1-4-28-21(27)25-17-9-10-23-14-22(2,3)19(17)16-8-7-15(13-18(16)25)29-20(26)24-11-5-6-12-24/h7-10,13,23H,4-6,11-12,14H2,1-3H3. The molecule has 1 fully saturated rings. The molecule has 4 rings (SSSR count). The van der Waals surface area contributed by atoms with Crippen LogP contribution in [0, 0.1) is 0 Å². The SMILES string of the molecule is CCOC(=O)n1c2c(c3ccc(OC(=O)N4CCCC4)cc31)C(C)(C)CNC=C2. The first-order valence-electron chi connectivity index (χ1n) is 10.1. The number of carbonyl (C=O) groups is 2. The minimum atomic E-state index is -0.441. The predicted molar refractivity (Wildman–Crippen MR) is 111 cm³/mol. The van der Waals surface area contributed by atoms with Crippen molar-refractivity contribution in [2.24, 2.45) is 0 Å². The second-order valence-electron chi connectivity index (χ2n) is 8.13. The van der Waals surface area contributed by atoms with Gasteiger partial charge in [0.2, 0.25) is 0 Å². The normalized spacial score (nSPS) is 17.6. The van der Waals surface area contributed by atoms with Gasteiger partial charge in [-0.15, -0.1) is 0 Å². The number of aromatic nitrogens is 1. The summed E-state index contributed by atoms with van der Waals surface area (Å²) in [6.07, 6.45) is 4.98. The molecule has 1 aromatic carbocycles. The molecule has 0 saturated carbocycles. The van der Waals surface area contributed by atoms with Gasteiger partial charge in [0.1, 0.15) is 5.75 Å². The van der Waals surface area contributed by atoms with Crippen molar-refractivity contribution in [1.82, 2.24) is 14.8 Å². The third-order valence-corrected chi connectivity index (χ3v) is 5.58. The molecular formula is C22H27N3O4. The predicted octanol–water partition coefficient (Wildman–Crippen LogP) is 4.09. The summed E-state index contributed by atoms with van der Waals surface area (Å²) in [6, 6.07) is 5.48. The van der Waals surface area contributed by atoms with Crippen LogP contribution >= 0.6 is 0 Å². The number of carbonyl (C=O) groups excluding carboxylic acids is 2. The first kappa shape index (κ1) is 19.4. The van der Waals surface area contributed by atoms with Crippen LogP contribution < -0.4 is 10.1 Å². The molecule has 1 aromatic heterocycles. The van der Waals surface area contributed by atoms with E-state index in [0.717, 1.165) is 49.1 Å². The van der Waals surface area contributed by atoms with E-state index in [1.807, 2.05) is 18.3 Å². The summed E-state index contributed by atoms with van der Waals surface area (Å²) < 4.78 is 12.5. The molecule has 2 aliphatic heterocycles. The first-order chi connectivity index (χ1) is 13.9. The molecule has 7 heteroatoms. The summed E-state index contributed by atoms with van der Waals surface area (Å²) in [6.45, 7) is 8.53. The second kappa shape index (κ2) is 7.46. The first-order valence-corrected chi connectivity index (χ1v) is 10.1. The van der Waals surface area contributed by atoms with Crippen molar-refractivity contribution in [1.29, 1.82) is 0 Å². The van der Waals surface area contributed by atoms with Gasteiger partial charge < -0.3 is 19.7 Å². The van der Waals surface area contributed by atoms with Crippen LogP contribution in [-0.2, 0) is 10.2 Å². The Labute approximate surface area is 170 Å². The fraction of sp³-hybridized carbons (Fsp3) is 0.455. The van der Waals surface area contributed by atoms with Gasteiger partial charge in [-0.05, 0) is 49.7 Å². The average molecular weight is 397 g/mol. The molecule has 1 saturated heterocycles. The zero-order valence-corrected chi connectivity index (χ0v) is 17.2. The maximum absolute atomic E-state index is 12.8. The van der Waals surface area contributed by atoms with Gasteiger partial charge in [0.25, 0.3) is 0 Å². The van der Waals surface area contributed by atoms with Crippen LogP contribution in [-0.4, -0.2) is 47.9 Å². The Morgan fingerprint density at radius 1 is 1.17 bits per heavy atom. The molecule has 2 aliphatic rings. The third kappa shape index (κ3) is 3.45. The zero-order valence-electron chi connectivity index (χ0n) is 17.2. The Kier molecular flexibility index (Phi) is 4.98. The number of fused-ring (bicyclic) bond motifs is 3. The van der Waals surface area contributed by atoms with Gasteiger partial charge in [-0.2, -0.15) is 0 Å². The highest BCUT2D eigenvalue weighted by Crippen LogP contribution is 2.39. The lowest BCUT2D eigenvalue weighted by molar-refractivity contribution is 0.155. The van der Waals surface area contributed by atoms with Crippen molar-refractivity contribution in [3.8, 4) is 5.75 Å². The number of rotatable bonds is 2. The van der Waals surface area contributed by atoms with E-state index >= 15 is 0 Å². The summed E-state index contributed by atoms with van der Waals surface area (Å²) in [5, 5.41) is 4.23. The van der Waals surface area contributed by atoms with Gasteiger partial charge in [0, 0.05) is 36.5 Å². The molecule has 0 bridgehead atoms. The van der Waals surface area contributed by atoms with Crippen molar-refractivity contribution < 1.29 is 19.1 Å². The molecule has 0 atom stereocenters. The van der Waals surface area contributed by atoms with E-state index in [1.165, 1.54) is 0 Å². The van der Waals surface area contributed by atoms with Gasteiger partial charge in [0.05, 0.1) is 17.8 Å². The Balaban J connectivity index is 1.83. The number of amides is 1. The van der Waals surface area contributed by atoms with Crippen molar-refractivity contribution >= 4 is 29.2 Å². The lowest BCUT2D eigenvalue weighted by Gasteiger charge is -2.24. The highest BCUT2D eigenvalue weighted by Gasteiger charge is 2.32. The summed E-state index contributed by atoms with van der Waals surface area (Å²) >= 11 is 0. The van der Waals surface area contributed by atoms with Gasteiger partial charge in [-0.3, -0.25) is 0 Å². The van der Waals surface area contributed by atoms with E-state index < -0.39 is 6.09 Å². The lowest BCUT2D eigenvalue weighted by atomic mass is 9.83. The van der Waals surface area contributed by atoms with Gasteiger partial charge >= 0.3 is 12.2 Å². The van der Waals surface area contributed by atoms with Gasteiger partial charge in [-0.25, -0.2) is 14.2 Å². The summed E-state index contributed by atoms with van der Waals surface area (Å²) in [5.74, 6) is 0.424. The van der Waals surface area contributed by atoms with Gasteiger partial charge in [0.15, 0.2) is 0 Å². The number of nitrogens with zero attached hydrogens (tertiary/aromatic N) is 2. The molecular weight excluding hydrogens is 370 g/mol. The Hall–Kier alpha value is -2.96. The van der Waals surface area contributed by atoms with Crippen LogP contribution in [0.3, 0.4) is 0 Å². The summed E-state index contributed by atoms with van der Waals surface area (Å²) in [4.78, 5) is 26.9. The van der Waals surface area contributed by atoms with Crippen molar-refractivity contribution in [2.45, 2.75) is 39.0 Å². The Bertz CT molecular complexity index is 984. The molecule has 0 unspecified atom stereocenters.